The topological polar surface area (TPSA) is 92.6 Å². The first-order chi connectivity index (χ1) is 11.6. The molecule has 1 saturated carbocycles. The monoisotopic (exact) mass is 329 g/mol. The maximum absolute atomic E-state index is 12.1. The van der Waals surface area contributed by atoms with Crippen molar-refractivity contribution in [3.8, 4) is 0 Å². The summed E-state index contributed by atoms with van der Waals surface area (Å²) in [6.07, 6.45) is 2.08. The van der Waals surface area contributed by atoms with Crippen LogP contribution in [0, 0.1) is 0 Å². The van der Waals surface area contributed by atoms with Crippen molar-refractivity contribution in [2.45, 2.75) is 25.5 Å². The van der Waals surface area contributed by atoms with Gasteiger partial charge in [-0.1, -0.05) is 0 Å². The minimum absolute atomic E-state index is 0.212. The minimum Gasteiger partial charge on any atom is -0.453 e. The summed E-state index contributed by atoms with van der Waals surface area (Å²) in [4.78, 5) is 23.7. The summed E-state index contributed by atoms with van der Waals surface area (Å²) in [5.74, 6) is 0.460. The van der Waals surface area contributed by atoms with Crippen LogP contribution >= 0.6 is 0 Å². The number of rotatable bonds is 6. The lowest BCUT2D eigenvalue weighted by molar-refractivity contribution is 0.0987. The zero-order valence-corrected chi connectivity index (χ0v) is 13.3. The van der Waals surface area contributed by atoms with Crippen LogP contribution < -0.4 is 16.0 Å². The van der Waals surface area contributed by atoms with E-state index in [4.69, 9.17) is 9.15 Å². The Bertz CT molecular complexity index is 720. The van der Waals surface area contributed by atoms with Crippen molar-refractivity contribution in [3.05, 3.63) is 47.9 Å². The van der Waals surface area contributed by atoms with E-state index in [1.54, 1.807) is 43.5 Å². The second-order valence-electron chi connectivity index (χ2n) is 5.60. The van der Waals surface area contributed by atoms with Gasteiger partial charge in [0.15, 0.2) is 5.76 Å². The third-order valence-electron chi connectivity index (χ3n) is 3.49. The number of amides is 3. The fourth-order valence-corrected chi connectivity index (χ4v) is 2.13. The van der Waals surface area contributed by atoms with E-state index in [-0.39, 0.29) is 17.7 Å². The summed E-state index contributed by atoms with van der Waals surface area (Å²) in [5, 5.41) is 8.32. The number of hydrogen-bond acceptors (Lipinski definition) is 4. The highest BCUT2D eigenvalue weighted by Crippen LogP contribution is 2.19. The van der Waals surface area contributed by atoms with Crippen molar-refractivity contribution in [2.24, 2.45) is 0 Å². The summed E-state index contributed by atoms with van der Waals surface area (Å²) in [6.45, 7) is 0.316. The van der Waals surface area contributed by atoms with Gasteiger partial charge in [0.25, 0.3) is 5.91 Å². The molecular formula is C17H19N3O4. The molecule has 1 heterocycles. The van der Waals surface area contributed by atoms with E-state index in [2.05, 4.69) is 16.0 Å². The highest BCUT2D eigenvalue weighted by molar-refractivity contribution is 6.02. The molecule has 0 atom stereocenters. The molecule has 0 saturated heterocycles. The molecule has 1 fully saturated rings. The predicted molar refractivity (Wildman–Crippen MR) is 89.0 cm³/mol. The molecule has 1 aliphatic carbocycles. The molecule has 7 nitrogen and oxygen atoms in total. The molecule has 3 N–H and O–H groups in total. The Balaban J connectivity index is 1.54. The quantitative estimate of drug-likeness (QED) is 0.759. The molecule has 0 unspecified atom stereocenters. The first-order valence-corrected chi connectivity index (χ1v) is 7.70. The Morgan fingerprint density at radius 2 is 1.75 bits per heavy atom. The molecular weight excluding hydrogens is 310 g/mol. The molecule has 3 amide bonds. The summed E-state index contributed by atoms with van der Waals surface area (Å²) < 4.78 is 10.3. The molecule has 24 heavy (non-hydrogen) atoms. The van der Waals surface area contributed by atoms with E-state index in [1.807, 2.05) is 0 Å². The van der Waals surface area contributed by atoms with Crippen LogP contribution in [-0.4, -0.2) is 25.1 Å². The molecule has 1 aromatic heterocycles. The van der Waals surface area contributed by atoms with E-state index in [0.29, 0.717) is 29.8 Å². The Morgan fingerprint density at radius 1 is 1.08 bits per heavy atom. The van der Waals surface area contributed by atoms with Gasteiger partial charge in [0.2, 0.25) is 0 Å². The maximum Gasteiger partial charge on any atom is 0.319 e. The fraction of sp³-hybridized carbons (Fsp3) is 0.294. The van der Waals surface area contributed by atoms with Gasteiger partial charge in [-0.05, 0) is 49.2 Å². The Labute approximate surface area is 139 Å². The number of hydrogen-bond donors (Lipinski definition) is 3. The van der Waals surface area contributed by atoms with Crippen LogP contribution in [0.4, 0.5) is 16.2 Å². The first-order valence-electron chi connectivity index (χ1n) is 7.70. The Morgan fingerprint density at radius 3 is 2.38 bits per heavy atom. The molecule has 0 bridgehead atoms. The zero-order valence-electron chi connectivity index (χ0n) is 13.3. The molecule has 0 aliphatic heterocycles. The number of nitrogens with one attached hydrogen (secondary N) is 3. The van der Waals surface area contributed by atoms with Gasteiger partial charge in [0.05, 0.1) is 0 Å². The van der Waals surface area contributed by atoms with Crippen LogP contribution in [0.3, 0.4) is 0 Å². The molecule has 7 heteroatoms. The van der Waals surface area contributed by atoms with Crippen molar-refractivity contribution >= 4 is 23.3 Å². The SMILES string of the molecule is COCc1ccc(C(=O)Nc2ccc(NC(=O)NC3CC3)cc2)o1. The average molecular weight is 329 g/mol. The van der Waals surface area contributed by atoms with E-state index in [1.165, 1.54) is 0 Å². The number of ether oxygens (including phenoxy) is 1. The van der Waals surface area contributed by atoms with Crippen LogP contribution in [0.2, 0.25) is 0 Å². The smallest absolute Gasteiger partial charge is 0.319 e. The number of anilines is 2. The van der Waals surface area contributed by atoms with E-state index < -0.39 is 0 Å². The van der Waals surface area contributed by atoms with Crippen LogP contribution in [-0.2, 0) is 11.3 Å². The fourth-order valence-electron chi connectivity index (χ4n) is 2.13. The van der Waals surface area contributed by atoms with Gasteiger partial charge in [0.1, 0.15) is 12.4 Å². The highest BCUT2D eigenvalue weighted by atomic mass is 16.5. The second-order valence-corrected chi connectivity index (χ2v) is 5.60. The van der Waals surface area contributed by atoms with Crippen molar-refractivity contribution in [2.75, 3.05) is 17.7 Å². The summed E-state index contributed by atoms with van der Waals surface area (Å²) >= 11 is 0. The number of carbonyl (C=O) groups excluding carboxylic acids is 2. The minimum atomic E-state index is -0.343. The molecule has 1 aromatic carbocycles. The standard InChI is InChI=1S/C17H19N3O4/c1-23-10-14-8-9-15(24-14)16(21)18-11-2-4-12(5-3-11)19-17(22)20-13-6-7-13/h2-5,8-9,13H,6-7,10H2,1H3,(H,18,21)(H2,19,20,22). The van der Waals surface area contributed by atoms with Gasteiger partial charge in [-0.3, -0.25) is 4.79 Å². The van der Waals surface area contributed by atoms with Gasteiger partial charge in [-0.25, -0.2) is 4.79 Å². The normalized spacial score (nSPS) is 13.4. The molecule has 1 aliphatic rings. The average Bonchev–Trinajstić information content (AvgIpc) is 3.24. The van der Waals surface area contributed by atoms with Gasteiger partial charge in [-0.2, -0.15) is 0 Å². The largest absolute Gasteiger partial charge is 0.453 e. The summed E-state index contributed by atoms with van der Waals surface area (Å²) in [6, 6.07) is 10.3. The van der Waals surface area contributed by atoms with E-state index in [9.17, 15) is 9.59 Å². The summed E-state index contributed by atoms with van der Waals surface area (Å²) in [7, 11) is 1.56. The third-order valence-corrected chi connectivity index (χ3v) is 3.49. The molecule has 3 rings (SSSR count). The van der Waals surface area contributed by atoms with Crippen molar-refractivity contribution in [1.82, 2.24) is 5.32 Å². The van der Waals surface area contributed by atoms with Crippen LogP contribution in [0.5, 0.6) is 0 Å². The first kappa shape index (κ1) is 16.1. The van der Waals surface area contributed by atoms with Gasteiger partial charge in [-0.15, -0.1) is 0 Å². The van der Waals surface area contributed by atoms with Crippen LogP contribution in [0.25, 0.3) is 0 Å². The van der Waals surface area contributed by atoms with Crippen LogP contribution in [0.1, 0.15) is 29.2 Å². The molecule has 2 aromatic rings. The lowest BCUT2D eigenvalue weighted by atomic mass is 10.2. The number of furan rings is 1. The lowest BCUT2D eigenvalue weighted by Crippen LogP contribution is -2.30. The second kappa shape index (κ2) is 7.18. The van der Waals surface area contributed by atoms with Gasteiger partial charge < -0.3 is 25.1 Å². The third kappa shape index (κ3) is 4.36. The van der Waals surface area contributed by atoms with Crippen LogP contribution in [0.15, 0.2) is 40.8 Å². The highest BCUT2D eigenvalue weighted by Gasteiger charge is 2.23. The number of urea groups is 1. The Kier molecular flexibility index (Phi) is 4.81. The summed E-state index contributed by atoms with van der Waals surface area (Å²) in [5.41, 5.74) is 1.27. The maximum atomic E-state index is 12.1. The van der Waals surface area contributed by atoms with Crippen molar-refractivity contribution in [1.29, 1.82) is 0 Å². The lowest BCUT2D eigenvalue weighted by Gasteiger charge is -2.08. The molecule has 0 radical (unpaired) electrons. The number of benzene rings is 1. The predicted octanol–water partition coefficient (Wildman–Crippen LogP) is 2.96. The van der Waals surface area contributed by atoms with Crippen molar-refractivity contribution < 1.29 is 18.7 Å². The van der Waals surface area contributed by atoms with Gasteiger partial charge >= 0.3 is 6.03 Å². The van der Waals surface area contributed by atoms with E-state index in [0.717, 1.165) is 12.8 Å². The zero-order chi connectivity index (χ0) is 16.9. The molecule has 0 spiro atoms. The van der Waals surface area contributed by atoms with Gasteiger partial charge in [0, 0.05) is 24.5 Å². The number of methoxy groups -OCH3 is 1. The van der Waals surface area contributed by atoms with Crippen molar-refractivity contribution in [3.63, 3.8) is 0 Å². The Hall–Kier alpha value is -2.80. The number of carbonyl (C=O) groups is 2. The molecule has 126 valence electrons. The van der Waals surface area contributed by atoms with E-state index >= 15 is 0 Å².